The molecule has 1 rings (SSSR count). The molecule has 0 aromatic rings. The molecule has 1 fully saturated rings. The normalized spacial score (nSPS) is 15.5. The summed E-state index contributed by atoms with van der Waals surface area (Å²) in [5.74, 6) is -1.81. The van der Waals surface area contributed by atoms with Crippen molar-refractivity contribution in [2.75, 3.05) is 26.4 Å². The lowest BCUT2D eigenvalue weighted by Gasteiger charge is -2.12. The summed E-state index contributed by atoms with van der Waals surface area (Å²) >= 11 is 0. The SMILES string of the molecule is [CH2]COCCOCC(=O)ON1C(=O)CCC1=O. The van der Waals surface area contributed by atoms with Crippen molar-refractivity contribution in [2.24, 2.45) is 0 Å². The van der Waals surface area contributed by atoms with Gasteiger partial charge in [0.05, 0.1) is 13.2 Å². The van der Waals surface area contributed by atoms with Gasteiger partial charge in [0.2, 0.25) is 0 Å². The smallest absolute Gasteiger partial charge is 0.358 e. The number of imide groups is 1. The molecule has 0 unspecified atom stereocenters. The van der Waals surface area contributed by atoms with Crippen molar-refractivity contribution in [3.8, 4) is 0 Å². The van der Waals surface area contributed by atoms with Crippen LogP contribution in [-0.4, -0.2) is 49.3 Å². The number of rotatable bonds is 7. The van der Waals surface area contributed by atoms with Gasteiger partial charge in [0, 0.05) is 19.4 Å². The zero-order valence-corrected chi connectivity index (χ0v) is 9.35. The maximum absolute atomic E-state index is 11.2. The van der Waals surface area contributed by atoms with E-state index in [9.17, 15) is 14.4 Å². The Morgan fingerprint density at radius 2 is 1.76 bits per heavy atom. The number of hydroxylamine groups is 2. The van der Waals surface area contributed by atoms with E-state index < -0.39 is 17.8 Å². The van der Waals surface area contributed by atoms with Crippen LogP contribution in [0.1, 0.15) is 12.8 Å². The molecule has 1 aliphatic rings. The van der Waals surface area contributed by atoms with Gasteiger partial charge in [-0.2, -0.15) is 0 Å². The minimum Gasteiger partial charge on any atom is -0.379 e. The highest BCUT2D eigenvalue weighted by atomic mass is 16.7. The minimum atomic E-state index is -0.789. The number of carbonyl (C=O) groups is 3. The summed E-state index contributed by atoms with van der Waals surface area (Å²) in [5, 5.41) is 0.484. The summed E-state index contributed by atoms with van der Waals surface area (Å²) in [7, 11) is 0. The molecule has 0 N–H and O–H groups in total. The molecule has 0 saturated carbocycles. The molecular formula is C10H14NO6. The zero-order chi connectivity index (χ0) is 12.7. The highest BCUT2D eigenvalue weighted by Crippen LogP contribution is 2.11. The highest BCUT2D eigenvalue weighted by Gasteiger charge is 2.32. The van der Waals surface area contributed by atoms with Gasteiger partial charge in [0.1, 0.15) is 6.61 Å². The molecular weight excluding hydrogens is 230 g/mol. The first kappa shape index (κ1) is 13.6. The van der Waals surface area contributed by atoms with Gasteiger partial charge in [-0.15, -0.1) is 5.06 Å². The fourth-order valence-electron chi connectivity index (χ4n) is 1.16. The van der Waals surface area contributed by atoms with Gasteiger partial charge in [0.15, 0.2) is 0 Å². The molecule has 1 heterocycles. The lowest BCUT2D eigenvalue weighted by atomic mass is 10.4. The van der Waals surface area contributed by atoms with Crippen LogP contribution in [0.2, 0.25) is 0 Å². The zero-order valence-electron chi connectivity index (χ0n) is 9.35. The van der Waals surface area contributed by atoms with Gasteiger partial charge >= 0.3 is 5.97 Å². The van der Waals surface area contributed by atoms with Crippen molar-refractivity contribution in [2.45, 2.75) is 12.8 Å². The molecule has 1 aliphatic heterocycles. The van der Waals surface area contributed by atoms with Crippen LogP contribution in [0.5, 0.6) is 0 Å². The second kappa shape index (κ2) is 6.97. The summed E-state index contributed by atoms with van der Waals surface area (Å²) in [4.78, 5) is 37.9. The molecule has 1 saturated heterocycles. The van der Waals surface area contributed by atoms with E-state index in [1.165, 1.54) is 0 Å². The van der Waals surface area contributed by atoms with Crippen LogP contribution in [0.3, 0.4) is 0 Å². The average molecular weight is 244 g/mol. The number of hydrogen-bond acceptors (Lipinski definition) is 6. The van der Waals surface area contributed by atoms with Crippen LogP contribution in [0, 0.1) is 6.92 Å². The summed E-state index contributed by atoms with van der Waals surface area (Å²) < 4.78 is 9.78. The number of hydrogen-bond donors (Lipinski definition) is 0. The molecule has 7 nitrogen and oxygen atoms in total. The van der Waals surface area contributed by atoms with Crippen molar-refractivity contribution in [1.82, 2.24) is 5.06 Å². The van der Waals surface area contributed by atoms with Crippen LogP contribution in [-0.2, 0) is 28.7 Å². The Bertz CT molecular complexity index is 287. The average Bonchev–Trinajstić information content (AvgIpc) is 2.60. The van der Waals surface area contributed by atoms with Gasteiger partial charge < -0.3 is 14.3 Å². The van der Waals surface area contributed by atoms with E-state index in [1.807, 2.05) is 0 Å². The maximum atomic E-state index is 11.2. The largest absolute Gasteiger partial charge is 0.379 e. The Labute approximate surface area is 98.6 Å². The lowest BCUT2D eigenvalue weighted by molar-refractivity contribution is -0.200. The first-order valence-corrected chi connectivity index (χ1v) is 5.16. The summed E-state index contributed by atoms with van der Waals surface area (Å²) in [6, 6.07) is 0. The van der Waals surface area contributed by atoms with Crippen molar-refractivity contribution in [3.05, 3.63) is 6.92 Å². The molecule has 0 bridgehead atoms. The van der Waals surface area contributed by atoms with E-state index in [4.69, 9.17) is 9.47 Å². The minimum absolute atomic E-state index is 0.0737. The van der Waals surface area contributed by atoms with Crippen LogP contribution in [0.15, 0.2) is 0 Å². The predicted molar refractivity (Wildman–Crippen MR) is 54.2 cm³/mol. The van der Waals surface area contributed by atoms with Crippen LogP contribution in [0.4, 0.5) is 0 Å². The van der Waals surface area contributed by atoms with Crippen molar-refractivity contribution < 1.29 is 28.7 Å². The molecule has 0 atom stereocenters. The standard InChI is InChI=1S/C10H14NO6/c1-2-15-5-6-16-7-10(14)17-11-8(12)3-4-9(11)13/h1-7H2. The quantitative estimate of drug-likeness (QED) is 0.442. The van der Waals surface area contributed by atoms with Gasteiger partial charge in [-0.3, -0.25) is 9.59 Å². The number of nitrogens with zero attached hydrogens (tertiary/aromatic N) is 1. The van der Waals surface area contributed by atoms with Crippen LogP contribution < -0.4 is 0 Å². The third-order valence-electron chi connectivity index (χ3n) is 1.94. The molecule has 0 aromatic carbocycles. The van der Waals surface area contributed by atoms with E-state index in [1.54, 1.807) is 0 Å². The Hall–Kier alpha value is -1.47. The third kappa shape index (κ3) is 4.49. The molecule has 0 aromatic heterocycles. The topological polar surface area (TPSA) is 82.1 Å². The molecule has 0 aliphatic carbocycles. The lowest BCUT2D eigenvalue weighted by Crippen LogP contribution is -2.33. The van der Waals surface area contributed by atoms with E-state index in [0.29, 0.717) is 18.3 Å². The van der Waals surface area contributed by atoms with Crippen molar-refractivity contribution in [1.29, 1.82) is 0 Å². The first-order valence-electron chi connectivity index (χ1n) is 5.16. The van der Waals surface area contributed by atoms with Crippen LogP contribution in [0.25, 0.3) is 0 Å². The molecule has 95 valence electrons. The van der Waals surface area contributed by atoms with Crippen molar-refractivity contribution in [3.63, 3.8) is 0 Å². The molecule has 1 radical (unpaired) electrons. The van der Waals surface area contributed by atoms with E-state index in [0.717, 1.165) is 0 Å². The van der Waals surface area contributed by atoms with Gasteiger partial charge in [-0.1, -0.05) is 0 Å². The fourth-order valence-corrected chi connectivity index (χ4v) is 1.16. The summed E-state index contributed by atoms with van der Waals surface area (Å²) in [6.07, 6.45) is 0.147. The number of ether oxygens (including phenoxy) is 2. The first-order chi connectivity index (χ1) is 8.15. The molecule has 0 spiro atoms. The summed E-state index contributed by atoms with van der Waals surface area (Å²) in [5.41, 5.74) is 0. The third-order valence-corrected chi connectivity index (χ3v) is 1.94. The second-order valence-corrected chi connectivity index (χ2v) is 3.21. The fraction of sp³-hybridized carbons (Fsp3) is 0.600. The number of carbonyl (C=O) groups excluding carboxylic acids is 3. The van der Waals surface area contributed by atoms with E-state index >= 15 is 0 Å². The van der Waals surface area contributed by atoms with Gasteiger partial charge in [0.25, 0.3) is 11.8 Å². The molecule has 17 heavy (non-hydrogen) atoms. The monoisotopic (exact) mass is 244 g/mol. The second-order valence-electron chi connectivity index (χ2n) is 3.21. The maximum Gasteiger partial charge on any atom is 0.358 e. The summed E-state index contributed by atoms with van der Waals surface area (Å²) in [6.45, 7) is 3.97. The van der Waals surface area contributed by atoms with E-state index in [-0.39, 0.29) is 26.1 Å². The van der Waals surface area contributed by atoms with Gasteiger partial charge in [-0.05, 0) is 6.92 Å². The number of amides is 2. The Kier molecular flexibility index (Phi) is 5.58. The van der Waals surface area contributed by atoms with E-state index in [2.05, 4.69) is 11.8 Å². The Morgan fingerprint density at radius 3 is 2.35 bits per heavy atom. The van der Waals surface area contributed by atoms with Gasteiger partial charge in [-0.25, -0.2) is 4.79 Å². The molecule has 7 heteroatoms. The highest BCUT2D eigenvalue weighted by molar-refractivity contribution is 6.01. The molecule has 2 amide bonds. The Balaban J connectivity index is 2.16. The Morgan fingerprint density at radius 1 is 1.18 bits per heavy atom. The van der Waals surface area contributed by atoms with Crippen LogP contribution >= 0.6 is 0 Å². The predicted octanol–water partition coefficient (Wildman–Crippen LogP) is -0.539. The van der Waals surface area contributed by atoms with Crippen molar-refractivity contribution >= 4 is 17.8 Å².